The summed E-state index contributed by atoms with van der Waals surface area (Å²) in [7, 11) is 0. The summed E-state index contributed by atoms with van der Waals surface area (Å²) in [5.41, 5.74) is 0.0589. The summed E-state index contributed by atoms with van der Waals surface area (Å²) in [4.78, 5) is 37.6. The minimum absolute atomic E-state index is 0.00750. The van der Waals surface area contributed by atoms with Gasteiger partial charge in [-0.05, 0) is 44.6 Å². The van der Waals surface area contributed by atoms with E-state index in [4.69, 9.17) is 0 Å². The molecule has 1 aromatic rings. The molecule has 0 saturated carbocycles. The van der Waals surface area contributed by atoms with Gasteiger partial charge in [-0.25, -0.2) is 0 Å². The van der Waals surface area contributed by atoms with Crippen LogP contribution in [0, 0.1) is 16.0 Å². The molecule has 2 aliphatic rings. The van der Waals surface area contributed by atoms with Gasteiger partial charge in [0.05, 0.1) is 11.0 Å². The largest absolute Gasteiger partial charge is 0.354 e. The van der Waals surface area contributed by atoms with Crippen LogP contribution >= 0.6 is 0 Å². The van der Waals surface area contributed by atoms with Gasteiger partial charge in [0.15, 0.2) is 0 Å². The molecule has 154 valence electrons. The van der Waals surface area contributed by atoms with Crippen LogP contribution in [0.25, 0.3) is 0 Å². The van der Waals surface area contributed by atoms with E-state index in [1.807, 2.05) is 6.92 Å². The molecule has 2 aliphatic heterocycles. The Kier molecular flexibility index (Phi) is 6.61. The number of likely N-dealkylation sites (tertiary alicyclic amines) is 1. The number of carbonyl (C=O) groups is 2. The van der Waals surface area contributed by atoms with Crippen LogP contribution in [0.3, 0.4) is 0 Å². The Labute approximate surface area is 163 Å². The van der Waals surface area contributed by atoms with E-state index in [2.05, 4.69) is 20.8 Å². The number of piperidine rings is 1. The lowest BCUT2D eigenvalue weighted by molar-refractivity contribution is -0.385. The molecule has 0 bridgehead atoms. The Balaban J connectivity index is 1.61. The molecule has 2 saturated heterocycles. The van der Waals surface area contributed by atoms with E-state index in [0.29, 0.717) is 31.7 Å². The minimum atomic E-state index is -0.530. The number of nitrogens with zero attached hydrogens (tertiary/aromatic N) is 3. The molecule has 2 fully saturated rings. The molecule has 3 rings (SSSR count). The first-order valence-electron chi connectivity index (χ1n) is 10.0. The van der Waals surface area contributed by atoms with Crippen molar-refractivity contribution in [2.24, 2.45) is 5.92 Å². The van der Waals surface area contributed by atoms with Gasteiger partial charge in [-0.1, -0.05) is 13.3 Å². The zero-order valence-electron chi connectivity index (χ0n) is 16.2. The van der Waals surface area contributed by atoms with E-state index in [9.17, 15) is 19.7 Å². The molecular formula is C18H28N6O4. The van der Waals surface area contributed by atoms with E-state index >= 15 is 0 Å². The van der Waals surface area contributed by atoms with Crippen molar-refractivity contribution in [2.75, 3.05) is 26.2 Å². The standard InChI is InChI=1S/C18H28N6O4/c1-2-5-13-16(24(27)28)15(22-21-13)18(26)23-9-4-6-12(11-23)10-20-17(25)14-7-3-8-19-14/h12,14,19H,2-11H2,1H3,(H,20,25)(H,21,22). The summed E-state index contributed by atoms with van der Waals surface area (Å²) in [6.45, 7) is 4.29. The number of aromatic amines is 1. The van der Waals surface area contributed by atoms with Gasteiger partial charge in [-0.2, -0.15) is 5.10 Å². The van der Waals surface area contributed by atoms with Crippen molar-refractivity contribution in [3.05, 3.63) is 21.5 Å². The molecule has 0 spiro atoms. The van der Waals surface area contributed by atoms with E-state index in [1.165, 1.54) is 0 Å². The number of amides is 2. The lowest BCUT2D eigenvalue weighted by Gasteiger charge is -2.32. The fourth-order valence-corrected chi connectivity index (χ4v) is 3.98. The molecule has 2 atom stereocenters. The molecule has 28 heavy (non-hydrogen) atoms. The third-order valence-corrected chi connectivity index (χ3v) is 5.45. The SMILES string of the molecule is CCCc1[nH]nc(C(=O)N2CCCC(CNC(=O)C3CCCN3)C2)c1[N+](=O)[O-]. The van der Waals surface area contributed by atoms with Gasteiger partial charge >= 0.3 is 5.69 Å². The van der Waals surface area contributed by atoms with Gasteiger partial charge in [0.25, 0.3) is 5.91 Å². The minimum Gasteiger partial charge on any atom is -0.354 e. The normalized spacial score (nSPS) is 22.2. The van der Waals surface area contributed by atoms with Gasteiger partial charge in [0.2, 0.25) is 11.6 Å². The van der Waals surface area contributed by atoms with Crippen LogP contribution in [0.15, 0.2) is 0 Å². The zero-order valence-corrected chi connectivity index (χ0v) is 16.2. The highest BCUT2D eigenvalue weighted by Crippen LogP contribution is 2.26. The third kappa shape index (κ3) is 4.49. The van der Waals surface area contributed by atoms with Crippen molar-refractivity contribution in [1.29, 1.82) is 0 Å². The van der Waals surface area contributed by atoms with Crippen molar-refractivity contribution in [3.63, 3.8) is 0 Å². The maximum absolute atomic E-state index is 12.9. The molecule has 2 amide bonds. The molecular weight excluding hydrogens is 364 g/mol. The van der Waals surface area contributed by atoms with Gasteiger partial charge in [0.1, 0.15) is 5.69 Å². The number of hydrogen-bond donors (Lipinski definition) is 3. The van der Waals surface area contributed by atoms with Gasteiger partial charge in [-0.3, -0.25) is 24.8 Å². The van der Waals surface area contributed by atoms with Crippen molar-refractivity contribution in [2.45, 2.75) is 51.5 Å². The highest BCUT2D eigenvalue weighted by atomic mass is 16.6. The van der Waals surface area contributed by atoms with E-state index in [0.717, 1.165) is 38.6 Å². The van der Waals surface area contributed by atoms with E-state index in [1.54, 1.807) is 4.90 Å². The average molecular weight is 392 g/mol. The highest BCUT2D eigenvalue weighted by molar-refractivity contribution is 5.96. The van der Waals surface area contributed by atoms with Crippen LogP contribution in [-0.2, 0) is 11.2 Å². The number of aryl methyl sites for hydroxylation is 1. The number of H-pyrrole nitrogens is 1. The zero-order chi connectivity index (χ0) is 20.1. The fraction of sp³-hybridized carbons (Fsp3) is 0.722. The number of rotatable bonds is 7. The van der Waals surface area contributed by atoms with E-state index in [-0.39, 0.29) is 29.2 Å². The topological polar surface area (TPSA) is 133 Å². The van der Waals surface area contributed by atoms with Crippen LogP contribution in [0.5, 0.6) is 0 Å². The first kappa shape index (κ1) is 20.2. The van der Waals surface area contributed by atoms with E-state index < -0.39 is 10.8 Å². The van der Waals surface area contributed by atoms with Crippen molar-refractivity contribution >= 4 is 17.5 Å². The Morgan fingerprint density at radius 1 is 1.36 bits per heavy atom. The highest BCUT2D eigenvalue weighted by Gasteiger charge is 2.34. The molecule has 0 aliphatic carbocycles. The Hall–Kier alpha value is -2.49. The van der Waals surface area contributed by atoms with Crippen LogP contribution < -0.4 is 10.6 Å². The van der Waals surface area contributed by atoms with Crippen molar-refractivity contribution in [3.8, 4) is 0 Å². The summed E-state index contributed by atoms with van der Waals surface area (Å²) >= 11 is 0. The summed E-state index contributed by atoms with van der Waals surface area (Å²) in [5.74, 6) is -0.275. The monoisotopic (exact) mass is 392 g/mol. The molecule has 0 radical (unpaired) electrons. The predicted octanol–water partition coefficient (Wildman–Crippen LogP) is 0.991. The van der Waals surface area contributed by atoms with Gasteiger partial charge in [-0.15, -0.1) is 0 Å². The molecule has 0 aromatic carbocycles. The number of nitrogens with one attached hydrogen (secondary N) is 3. The van der Waals surface area contributed by atoms with Crippen LogP contribution in [0.2, 0.25) is 0 Å². The Bertz CT molecular complexity index is 728. The summed E-state index contributed by atoms with van der Waals surface area (Å²) in [6.07, 6.45) is 4.76. The van der Waals surface area contributed by atoms with Crippen molar-refractivity contribution < 1.29 is 14.5 Å². The number of aromatic nitrogens is 2. The summed E-state index contributed by atoms with van der Waals surface area (Å²) in [5, 5.41) is 24.2. The lowest BCUT2D eigenvalue weighted by Crippen LogP contribution is -2.46. The second-order valence-corrected chi connectivity index (χ2v) is 7.56. The lowest BCUT2D eigenvalue weighted by atomic mass is 9.97. The molecule has 10 heteroatoms. The fourth-order valence-electron chi connectivity index (χ4n) is 3.98. The molecule has 10 nitrogen and oxygen atoms in total. The number of nitro groups is 1. The van der Waals surface area contributed by atoms with Crippen molar-refractivity contribution in [1.82, 2.24) is 25.7 Å². The average Bonchev–Trinajstić information content (AvgIpc) is 3.36. The number of carbonyl (C=O) groups excluding carboxylic acids is 2. The molecule has 2 unspecified atom stereocenters. The molecule has 3 N–H and O–H groups in total. The van der Waals surface area contributed by atoms with Gasteiger partial charge < -0.3 is 15.5 Å². The van der Waals surface area contributed by atoms with Crippen LogP contribution in [-0.4, -0.2) is 64.1 Å². The summed E-state index contributed by atoms with van der Waals surface area (Å²) < 4.78 is 0. The Morgan fingerprint density at radius 3 is 2.86 bits per heavy atom. The second kappa shape index (κ2) is 9.13. The van der Waals surface area contributed by atoms with Gasteiger partial charge in [0, 0.05) is 19.6 Å². The maximum Gasteiger partial charge on any atom is 0.322 e. The van der Waals surface area contributed by atoms with Crippen LogP contribution in [0.1, 0.15) is 55.2 Å². The quantitative estimate of drug-likeness (QED) is 0.468. The smallest absolute Gasteiger partial charge is 0.322 e. The van der Waals surface area contributed by atoms with Crippen LogP contribution in [0.4, 0.5) is 5.69 Å². The maximum atomic E-state index is 12.9. The second-order valence-electron chi connectivity index (χ2n) is 7.56. The predicted molar refractivity (Wildman–Crippen MR) is 102 cm³/mol. The first-order valence-corrected chi connectivity index (χ1v) is 10.0. The molecule has 3 heterocycles. The first-order chi connectivity index (χ1) is 13.5. The third-order valence-electron chi connectivity index (χ3n) is 5.45. The number of hydrogen-bond acceptors (Lipinski definition) is 6. The summed E-state index contributed by atoms with van der Waals surface area (Å²) in [6, 6.07) is -0.120. The Morgan fingerprint density at radius 2 is 2.18 bits per heavy atom. The molecule has 1 aromatic heterocycles.